The molecule has 23 heavy (non-hydrogen) atoms. The molecule has 2 aliphatic carbocycles. The van der Waals surface area contributed by atoms with Crippen LogP contribution in [0.2, 0.25) is 0 Å². The molecule has 0 aromatic heterocycles. The maximum atomic E-state index is 12.6. The van der Waals surface area contributed by atoms with Crippen LogP contribution in [0.4, 0.5) is 5.69 Å². The summed E-state index contributed by atoms with van der Waals surface area (Å²) in [6.45, 7) is 0. The summed E-state index contributed by atoms with van der Waals surface area (Å²) in [7, 11) is 0. The zero-order valence-electron chi connectivity index (χ0n) is 12.0. The van der Waals surface area contributed by atoms with Gasteiger partial charge < -0.3 is 5.11 Å². The number of hydrogen-bond acceptors (Lipinski definition) is 5. The van der Waals surface area contributed by atoms with Gasteiger partial charge in [0.1, 0.15) is 0 Å². The molecule has 1 saturated carbocycles. The fourth-order valence-electron chi connectivity index (χ4n) is 4.08. The molecule has 4 rings (SSSR count). The second-order valence-corrected chi connectivity index (χ2v) is 6.27. The van der Waals surface area contributed by atoms with Crippen LogP contribution in [0, 0.1) is 33.8 Å². The first-order chi connectivity index (χ1) is 11.0. The van der Waals surface area contributed by atoms with Crippen molar-refractivity contribution in [1.29, 1.82) is 0 Å². The molecular weight excluding hydrogens is 300 g/mol. The first kappa shape index (κ1) is 14.1. The Morgan fingerprint density at radius 3 is 2.09 bits per heavy atom. The molecular formula is C16H14N2O5. The minimum atomic E-state index is -1.40. The lowest BCUT2D eigenvalue weighted by Gasteiger charge is -2.23. The molecule has 0 radical (unpaired) electrons. The number of carbonyl (C=O) groups excluding carboxylic acids is 2. The molecule has 2 amide bonds. The highest BCUT2D eigenvalue weighted by Gasteiger charge is 2.60. The summed E-state index contributed by atoms with van der Waals surface area (Å²) in [6.07, 6.45) is 3.40. The molecule has 1 aromatic rings. The third kappa shape index (κ3) is 1.86. The van der Waals surface area contributed by atoms with E-state index in [0.29, 0.717) is 0 Å². The number of rotatable bonds is 3. The van der Waals surface area contributed by atoms with E-state index in [9.17, 15) is 24.8 Å². The summed E-state index contributed by atoms with van der Waals surface area (Å²) >= 11 is 0. The topological polar surface area (TPSA) is 101 Å². The van der Waals surface area contributed by atoms with Gasteiger partial charge in [0.25, 0.3) is 5.69 Å². The van der Waals surface area contributed by atoms with E-state index in [4.69, 9.17) is 0 Å². The molecule has 2 fully saturated rings. The smallest absolute Gasteiger partial charge is 0.269 e. The van der Waals surface area contributed by atoms with Crippen molar-refractivity contribution in [2.45, 2.75) is 12.6 Å². The number of benzene rings is 1. The van der Waals surface area contributed by atoms with E-state index in [1.807, 2.05) is 12.2 Å². The van der Waals surface area contributed by atoms with Gasteiger partial charge in [0.05, 0.1) is 16.8 Å². The predicted molar refractivity (Wildman–Crippen MR) is 77.6 cm³/mol. The van der Waals surface area contributed by atoms with Gasteiger partial charge in [0.15, 0.2) is 6.23 Å². The van der Waals surface area contributed by atoms with Crippen LogP contribution >= 0.6 is 0 Å². The van der Waals surface area contributed by atoms with E-state index in [0.717, 1.165) is 11.3 Å². The lowest BCUT2D eigenvalue weighted by atomic mass is 9.85. The highest BCUT2D eigenvalue weighted by Crippen LogP contribution is 2.53. The van der Waals surface area contributed by atoms with E-state index in [-0.39, 0.29) is 46.7 Å². The van der Waals surface area contributed by atoms with Crippen LogP contribution in [-0.2, 0) is 9.59 Å². The van der Waals surface area contributed by atoms with Crippen LogP contribution in [0.15, 0.2) is 36.4 Å². The lowest BCUT2D eigenvalue weighted by Crippen LogP contribution is -2.36. The van der Waals surface area contributed by atoms with Crippen LogP contribution in [0.3, 0.4) is 0 Å². The average molecular weight is 314 g/mol. The molecule has 1 aliphatic heterocycles. The van der Waals surface area contributed by atoms with Gasteiger partial charge in [-0.3, -0.25) is 24.6 Å². The molecule has 3 aliphatic rings. The van der Waals surface area contributed by atoms with Gasteiger partial charge in [0.2, 0.25) is 11.8 Å². The van der Waals surface area contributed by atoms with Gasteiger partial charge in [-0.15, -0.1) is 0 Å². The second kappa shape index (κ2) is 4.73. The molecule has 1 saturated heterocycles. The third-order valence-corrected chi connectivity index (χ3v) is 5.15. The number of imide groups is 1. The number of aliphatic hydroxyl groups is 1. The predicted octanol–water partition coefficient (Wildman–Crippen LogP) is 1.39. The normalized spacial score (nSPS) is 32.5. The summed E-state index contributed by atoms with van der Waals surface area (Å²) < 4.78 is 0. The van der Waals surface area contributed by atoms with Gasteiger partial charge in [-0.1, -0.05) is 12.2 Å². The van der Waals surface area contributed by atoms with Crippen molar-refractivity contribution in [1.82, 2.24) is 4.90 Å². The lowest BCUT2D eigenvalue weighted by molar-refractivity contribution is -0.384. The van der Waals surface area contributed by atoms with E-state index in [1.54, 1.807) is 0 Å². The number of hydrogen-bond donors (Lipinski definition) is 1. The van der Waals surface area contributed by atoms with Crippen molar-refractivity contribution in [3.8, 4) is 0 Å². The minimum Gasteiger partial charge on any atom is -0.369 e. The van der Waals surface area contributed by atoms with Crippen molar-refractivity contribution >= 4 is 17.5 Å². The van der Waals surface area contributed by atoms with Crippen molar-refractivity contribution in [2.75, 3.05) is 0 Å². The Bertz CT molecular complexity index is 711. The van der Waals surface area contributed by atoms with E-state index < -0.39 is 11.2 Å². The third-order valence-electron chi connectivity index (χ3n) is 5.15. The number of aliphatic hydroxyl groups excluding tert-OH is 1. The number of likely N-dealkylation sites (tertiary alicyclic amines) is 1. The number of amides is 2. The molecule has 1 heterocycles. The van der Waals surface area contributed by atoms with Gasteiger partial charge in [-0.2, -0.15) is 0 Å². The molecule has 5 atom stereocenters. The zero-order chi connectivity index (χ0) is 16.3. The SMILES string of the molecule is O=C1[C@@H]2[C@H](C(=O)N1[C@H](O)c1ccc([N+](=O)[O-])cc1)[C@H]1C=C[C@H]2C1. The number of nitrogens with zero attached hydrogens (tertiary/aromatic N) is 2. The van der Waals surface area contributed by atoms with E-state index in [1.165, 1.54) is 24.3 Å². The number of non-ortho nitro benzene ring substituents is 1. The Morgan fingerprint density at radius 1 is 1.09 bits per heavy atom. The Kier molecular flexibility index (Phi) is 2.89. The molecule has 0 unspecified atom stereocenters. The van der Waals surface area contributed by atoms with Crippen LogP contribution < -0.4 is 0 Å². The summed E-state index contributed by atoms with van der Waals surface area (Å²) in [5.74, 6) is -1.27. The summed E-state index contributed by atoms with van der Waals surface area (Å²) in [5, 5.41) is 21.1. The highest BCUT2D eigenvalue weighted by molar-refractivity contribution is 6.06. The van der Waals surface area contributed by atoms with Gasteiger partial charge >= 0.3 is 0 Å². The Morgan fingerprint density at radius 2 is 1.61 bits per heavy atom. The molecule has 0 spiro atoms. The average Bonchev–Trinajstić information content (AvgIpc) is 3.21. The Hall–Kier alpha value is -2.54. The van der Waals surface area contributed by atoms with E-state index in [2.05, 4.69) is 0 Å². The van der Waals surface area contributed by atoms with Crippen molar-refractivity contribution in [3.63, 3.8) is 0 Å². The summed E-state index contributed by atoms with van der Waals surface area (Å²) in [6, 6.07) is 5.22. The van der Waals surface area contributed by atoms with E-state index >= 15 is 0 Å². The maximum absolute atomic E-state index is 12.6. The number of fused-ring (bicyclic) bond motifs is 5. The van der Waals surface area contributed by atoms with Crippen LogP contribution in [0.5, 0.6) is 0 Å². The van der Waals surface area contributed by atoms with Crippen molar-refractivity contribution in [3.05, 3.63) is 52.1 Å². The number of carbonyl (C=O) groups is 2. The quantitative estimate of drug-likeness (QED) is 0.393. The molecule has 1 aromatic carbocycles. The number of allylic oxidation sites excluding steroid dienone is 2. The second-order valence-electron chi connectivity index (χ2n) is 6.27. The largest absolute Gasteiger partial charge is 0.369 e. The van der Waals surface area contributed by atoms with Crippen LogP contribution in [-0.4, -0.2) is 26.7 Å². The monoisotopic (exact) mass is 314 g/mol. The standard InChI is InChI=1S/C16H14N2O5/c19-14(8-3-5-11(6-4-8)18(22)23)17-15(20)12-9-1-2-10(7-9)13(12)16(17)21/h1-6,9-10,12-14,19H,7H2/t9-,10-,12-,13+,14+/m0/s1. The van der Waals surface area contributed by atoms with Crippen molar-refractivity contribution < 1.29 is 19.6 Å². The zero-order valence-corrected chi connectivity index (χ0v) is 12.0. The summed E-state index contributed by atoms with van der Waals surface area (Å²) in [5.41, 5.74) is 0.178. The number of nitro benzene ring substituents is 1. The molecule has 118 valence electrons. The van der Waals surface area contributed by atoms with Gasteiger partial charge in [-0.05, 0) is 30.4 Å². The molecule has 1 N–H and O–H groups in total. The fourth-order valence-corrected chi connectivity index (χ4v) is 4.08. The minimum absolute atomic E-state index is 0.0792. The summed E-state index contributed by atoms with van der Waals surface area (Å²) in [4.78, 5) is 36.2. The van der Waals surface area contributed by atoms with Crippen LogP contribution in [0.25, 0.3) is 0 Å². The Balaban J connectivity index is 1.62. The first-order valence-corrected chi connectivity index (χ1v) is 7.46. The molecule has 7 nitrogen and oxygen atoms in total. The maximum Gasteiger partial charge on any atom is 0.269 e. The van der Waals surface area contributed by atoms with Crippen LogP contribution in [0.1, 0.15) is 18.2 Å². The van der Waals surface area contributed by atoms with Gasteiger partial charge in [0, 0.05) is 17.7 Å². The molecule has 2 bridgehead atoms. The van der Waals surface area contributed by atoms with Gasteiger partial charge in [-0.25, -0.2) is 0 Å². The number of nitro groups is 1. The first-order valence-electron chi connectivity index (χ1n) is 7.46. The molecule has 7 heteroatoms. The fraction of sp³-hybridized carbons (Fsp3) is 0.375. The van der Waals surface area contributed by atoms with Crippen molar-refractivity contribution in [2.24, 2.45) is 23.7 Å². The Labute approximate surface area is 131 Å². The highest BCUT2D eigenvalue weighted by atomic mass is 16.6.